The molecule has 0 unspecified atom stereocenters. The first-order valence-electron chi connectivity index (χ1n) is 6.30. The van der Waals surface area contributed by atoms with Gasteiger partial charge in [-0.25, -0.2) is 4.39 Å². The van der Waals surface area contributed by atoms with Crippen LogP contribution in [0.15, 0.2) is 42.5 Å². The summed E-state index contributed by atoms with van der Waals surface area (Å²) in [6.07, 6.45) is 2.89. The summed E-state index contributed by atoms with van der Waals surface area (Å²) in [5, 5.41) is 0. The van der Waals surface area contributed by atoms with Crippen molar-refractivity contribution < 1.29 is 18.7 Å². The van der Waals surface area contributed by atoms with E-state index in [1.165, 1.54) is 24.3 Å². The predicted molar refractivity (Wildman–Crippen MR) is 76.7 cm³/mol. The Morgan fingerprint density at radius 2 is 1.95 bits per heavy atom. The largest absolute Gasteiger partial charge is 0.454 e. The molecule has 1 aliphatic rings. The average Bonchev–Trinajstić information content (AvgIpc) is 2.91. The van der Waals surface area contributed by atoms with E-state index in [4.69, 9.17) is 15.2 Å². The Balaban J connectivity index is 1.86. The molecule has 5 heteroatoms. The minimum Gasteiger partial charge on any atom is -0.454 e. The van der Waals surface area contributed by atoms with Gasteiger partial charge in [0.2, 0.25) is 6.79 Å². The first-order valence-corrected chi connectivity index (χ1v) is 6.30. The first kappa shape index (κ1) is 13.2. The highest BCUT2D eigenvalue weighted by Gasteiger charge is 2.18. The molecule has 0 bridgehead atoms. The number of ketones is 1. The van der Waals surface area contributed by atoms with Crippen molar-refractivity contribution in [3.63, 3.8) is 0 Å². The highest BCUT2D eigenvalue weighted by Crippen LogP contribution is 2.36. The normalized spacial score (nSPS) is 12.8. The molecule has 0 aliphatic carbocycles. The SMILES string of the molecule is Nc1cc2c(cc1C(=O)/C=C/c1cccc(F)c1)OCO2. The lowest BCUT2D eigenvalue weighted by Crippen LogP contribution is -2.00. The average molecular weight is 285 g/mol. The quantitative estimate of drug-likeness (QED) is 0.535. The molecule has 2 aromatic carbocycles. The molecule has 0 spiro atoms. The van der Waals surface area contributed by atoms with E-state index in [1.807, 2.05) is 0 Å². The molecule has 21 heavy (non-hydrogen) atoms. The zero-order valence-corrected chi connectivity index (χ0v) is 11.0. The summed E-state index contributed by atoms with van der Waals surface area (Å²) in [4.78, 5) is 12.2. The van der Waals surface area contributed by atoms with Crippen LogP contribution in [0.2, 0.25) is 0 Å². The van der Waals surface area contributed by atoms with Crippen molar-refractivity contribution in [3.05, 3.63) is 59.4 Å². The molecule has 1 heterocycles. The minimum absolute atomic E-state index is 0.117. The number of benzene rings is 2. The summed E-state index contributed by atoms with van der Waals surface area (Å²) in [5.41, 5.74) is 7.08. The van der Waals surface area contributed by atoms with Gasteiger partial charge in [0.1, 0.15) is 5.82 Å². The van der Waals surface area contributed by atoms with E-state index in [0.717, 1.165) is 0 Å². The molecule has 106 valence electrons. The molecule has 1 aliphatic heterocycles. The van der Waals surface area contributed by atoms with Crippen LogP contribution in [0.3, 0.4) is 0 Å². The van der Waals surface area contributed by atoms with Gasteiger partial charge in [0, 0.05) is 17.3 Å². The number of halogens is 1. The topological polar surface area (TPSA) is 61.6 Å². The van der Waals surface area contributed by atoms with Crippen LogP contribution in [0.1, 0.15) is 15.9 Å². The number of hydrogen-bond acceptors (Lipinski definition) is 4. The number of nitrogen functional groups attached to an aromatic ring is 1. The third-order valence-corrected chi connectivity index (χ3v) is 3.09. The number of carbonyl (C=O) groups excluding carboxylic acids is 1. The van der Waals surface area contributed by atoms with Gasteiger partial charge in [0.25, 0.3) is 0 Å². The third kappa shape index (κ3) is 2.72. The van der Waals surface area contributed by atoms with E-state index in [-0.39, 0.29) is 18.4 Å². The maximum atomic E-state index is 13.1. The van der Waals surface area contributed by atoms with Gasteiger partial charge in [-0.05, 0) is 29.8 Å². The molecule has 0 saturated carbocycles. The summed E-state index contributed by atoms with van der Waals surface area (Å²) in [6.45, 7) is 0.117. The Morgan fingerprint density at radius 3 is 2.71 bits per heavy atom. The van der Waals surface area contributed by atoms with E-state index in [1.54, 1.807) is 24.3 Å². The summed E-state index contributed by atoms with van der Waals surface area (Å²) in [7, 11) is 0. The molecule has 0 saturated heterocycles. The summed E-state index contributed by atoms with van der Waals surface area (Å²) in [5.74, 6) is 0.382. The fourth-order valence-corrected chi connectivity index (χ4v) is 2.04. The molecule has 2 aromatic rings. The lowest BCUT2D eigenvalue weighted by molar-refractivity contribution is 0.104. The Hall–Kier alpha value is -2.82. The van der Waals surface area contributed by atoms with E-state index in [0.29, 0.717) is 28.3 Å². The predicted octanol–water partition coefficient (Wildman–Crippen LogP) is 3.03. The smallest absolute Gasteiger partial charge is 0.231 e. The van der Waals surface area contributed by atoms with Crippen molar-refractivity contribution in [1.29, 1.82) is 0 Å². The van der Waals surface area contributed by atoms with Gasteiger partial charge in [-0.1, -0.05) is 18.2 Å². The standard InChI is InChI=1S/C16H12FNO3/c17-11-3-1-2-10(6-11)4-5-14(19)12-7-15-16(8-13(12)18)21-9-20-15/h1-8H,9,18H2/b5-4+. The number of hydrogen-bond donors (Lipinski definition) is 1. The van der Waals surface area contributed by atoms with Crippen LogP contribution in [0.5, 0.6) is 11.5 Å². The Morgan fingerprint density at radius 1 is 1.19 bits per heavy atom. The van der Waals surface area contributed by atoms with Crippen LogP contribution in [0, 0.1) is 5.82 Å². The van der Waals surface area contributed by atoms with Gasteiger partial charge in [-0.15, -0.1) is 0 Å². The van der Waals surface area contributed by atoms with Crippen molar-refractivity contribution in [3.8, 4) is 11.5 Å². The Labute approximate surface area is 120 Å². The summed E-state index contributed by atoms with van der Waals surface area (Å²) < 4.78 is 23.5. The maximum absolute atomic E-state index is 13.1. The van der Waals surface area contributed by atoms with Crippen molar-refractivity contribution in [1.82, 2.24) is 0 Å². The zero-order chi connectivity index (χ0) is 14.8. The lowest BCUT2D eigenvalue weighted by atomic mass is 10.1. The van der Waals surface area contributed by atoms with Crippen molar-refractivity contribution in [2.24, 2.45) is 0 Å². The van der Waals surface area contributed by atoms with Gasteiger partial charge < -0.3 is 15.2 Å². The van der Waals surface area contributed by atoms with Gasteiger partial charge >= 0.3 is 0 Å². The van der Waals surface area contributed by atoms with Gasteiger partial charge in [0.15, 0.2) is 17.3 Å². The maximum Gasteiger partial charge on any atom is 0.231 e. The second-order valence-corrected chi connectivity index (χ2v) is 4.55. The fraction of sp³-hybridized carbons (Fsp3) is 0.0625. The Bertz CT molecular complexity index is 740. The summed E-state index contributed by atoms with van der Waals surface area (Å²) >= 11 is 0. The molecule has 0 amide bonds. The number of ether oxygens (including phenoxy) is 2. The third-order valence-electron chi connectivity index (χ3n) is 3.09. The van der Waals surface area contributed by atoms with Crippen molar-refractivity contribution >= 4 is 17.5 Å². The minimum atomic E-state index is -0.354. The van der Waals surface area contributed by atoms with E-state index in [2.05, 4.69) is 0 Å². The van der Waals surface area contributed by atoms with Crippen LogP contribution in [-0.4, -0.2) is 12.6 Å². The van der Waals surface area contributed by atoms with Crippen LogP contribution in [-0.2, 0) is 0 Å². The molecule has 2 N–H and O–H groups in total. The number of nitrogens with two attached hydrogens (primary N) is 1. The molecule has 0 radical (unpaired) electrons. The van der Waals surface area contributed by atoms with Crippen molar-refractivity contribution in [2.75, 3.05) is 12.5 Å². The van der Waals surface area contributed by atoms with Crippen LogP contribution in [0.4, 0.5) is 10.1 Å². The van der Waals surface area contributed by atoms with Crippen LogP contribution in [0.25, 0.3) is 6.08 Å². The highest BCUT2D eigenvalue weighted by molar-refractivity contribution is 6.10. The Kier molecular flexibility index (Phi) is 3.31. The van der Waals surface area contributed by atoms with E-state index < -0.39 is 0 Å². The van der Waals surface area contributed by atoms with Crippen molar-refractivity contribution in [2.45, 2.75) is 0 Å². The van der Waals surface area contributed by atoms with E-state index >= 15 is 0 Å². The number of rotatable bonds is 3. The lowest BCUT2D eigenvalue weighted by Gasteiger charge is -2.04. The second kappa shape index (κ2) is 5.28. The molecule has 0 fully saturated rings. The molecule has 0 aromatic heterocycles. The first-order chi connectivity index (χ1) is 10.1. The van der Waals surface area contributed by atoms with Gasteiger partial charge in [-0.3, -0.25) is 4.79 Å². The zero-order valence-electron chi connectivity index (χ0n) is 11.0. The fourth-order valence-electron chi connectivity index (χ4n) is 2.04. The number of allylic oxidation sites excluding steroid dienone is 1. The second-order valence-electron chi connectivity index (χ2n) is 4.55. The van der Waals surface area contributed by atoms with Crippen LogP contribution < -0.4 is 15.2 Å². The molecule has 3 rings (SSSR count). The number of carbonyl (C=O) groups is 1. The molecular weight excluding hydrogens is 273 g/mol. The summed E-state index contributed by atoms with van der Waals surface area (Å²) in [6, 6.07) is 9.08. The molecular formula is C16H12FNO3. The van der Waals surface area contributed by atoms with E-state index in [9.17, 15) is 9.18 Å². The number of fused-ring (bicyclic) bond motifs is 1. The monoisotopic (exact) mass is 285 g/mol. The van der Waals surface area contributed by atoms with Gasteiger partial charge in [0.05, 0.1) is 0 Å². The highest BCUT2D eigenvalue weighted by atomic mass is 19.1. The van der Waals surface area contributed by atoms with Gasteiger partial charge in [-0.2, -0.15) is 0 Å². The van der Waals surface area contributed by atoms with Crippen LogP contribution >= 0.6 is 0 Å². The molecule has 0 atom stereocenters. The number of anilines is 1. The molecule has 4 nitrogen and oxygen atoms in total.